The second-order valence-electron chi connectivity index (χ2n) is 5.00. The number of halogens is 1. The molecular weight excluding hydrogens is 342 g/mol. The Hall–Kier alpha value is -2.68. The summed E-state index contributed by atoms with van der Waals surface area (Å²) in [5.41, 5.74) is -0.663. The highest BCUT2D eigenvalue weighted by molar-refractivity contribution is 6.31. The zero-order valence-corrected chi connectivity index (χ0v) is 13.4. The van der Waals surface area contributed by atoms with E-state index in [0.29, 0.717) is 0 Å². The van der Waals surface area contributed by atoms with Crippen LogP contribution in [0, 0.1) is 10.1 Å². The molecule has 128 valence electrons. The lowest BCUT2D eigenvalue weighted by Gasteiger charge is -2.34. The standard InChI is InChI=1S/C14H14ClN3O6/c1-24-12(19)7-11-13(20)16-4-5-17(11)14(21)9-3-2-8(15)6-10(9)18(22)23/h2-3,6,11H,4-5,7H2,1H3,(H,16,20). The highest BCUT2D eigenvalue weighted by Gasteiger charge is 2.37. The number of hydrogen-bond donors (Lipinski definition) is 1. The summed E-state index contributed by atoms with van der Waals surface area (Å²) in [7, 11) is 1.17. The molecule has 1 aliphatic rings. The van der Waals surface area contributed by atoms with Gasteiger partial charge >= 0.3 is 5.97 Å². The van der Waals surface area contributed by atoms with E-state index in [2.05, 4.69) is 10.1 Å². The van der Waals surface area contributed by atoms with Crippen molar-refractivity contribution in [3.05, 3.63) is 38.9 Å². The molecule has 1 aliphatic heterocycles. The Morgan fingerprint density at radius 3 is 2.83 bits per heavy atom. The Morgan fingerprint density at radius 2 is 2.21 bits per heavy atom. The first-order valence-corrected chi connectivity index (χ1v) is 7.32. The first-order valence-electron chi connectivity index (χ1n) is 6.94. The molecule has 1 unspecified atom stereocenters. The number of benzene rings is 1. The second kappa shape index (κ2) is 7.26. The maximum Gasteiger partial charge on any atom is 0.308 e. The van der Waals surface area contributed by atoms with E-state index in [4.69, 9.17) is 11.6 Å². The molecule has 1 aromatic rings. The predicted octanol–water partition coefficient (Wildman–Crippen LogP) is 0.752. The lowest BCUT2D eigenvalue weighted by molar-refractivity contribution is -0.385. The summed E-state index contributed by atoms with van der Waals surface area (Å²) in [4.78, 5) is 47.8. The molecule has 0 bridgehead atoms. The maximum absolute atomic E-state index is 12.7. The van der Waals surface area contributed by atoms with E-state index in [-0.39, 0.29) is 30.1 Å². The molecule has 24 heavy (non-hydrogen) atoms. The number of esters is 1. The minimum atomic E-state index is -1.09. The van der Waals surface area contributed by atoms with Gasteiger partial charge in [0.15, 0.2) is 0 Å². The molecule has 0 spiro atoms. The van der Waals surface area contributed by atoms with E-state index in [1.807, 2.05) is 0 Å². The highest BCUT2D eigenvalue weighted by Crippen LogP contribution is 2.26. The molecule has 0 aromatic heterocycles. The second-order valence-corrected chi connectivity index (χ2v) is 5.44. The molecule has 1 aromatic carbocycles. The van der Waals surface area contributed by atoms with Crippen molar-refractivity contribution < 1.29 is 24.0 Å². The molecule has 1 saturated heterocycles. The summed E-state index contributed by atoms with van der Waals surface area (Å²) in [5, 5.41) is 13.8. The van der Waals surface area contributed by atoms with Crippen LogP contribution < -0.4 is 5.32 Å². The van der Waals surface area contributed by atoms with Crippen molar-refractivity contribution in [3.8, 4) is 0 Å². The van der Waals surface area contributed by atoms with Gasteiger partial charge in [0.2, 0.25) is 5.91 Å². The average Bonchev–Trinajstić information content (AvgIpc) is 2.55. The van der Waals surface area contributed by atoms with E-state index in [9.17, 15) is 24.5 Å². The van der Waals surface area contributed by atoms with E-state index < -0.39 is 34.4 Å². The molecule has 2 rings (SSSR count). The van der Waals surface area contributed by atoms with Crippen LogP contribution in [0.3, 0.4) is 0 Å². The van der Waals surface area contributed by atoms with Crippen molar-refractivity contribution in [1.29, 1.82) is 0 Å². The monoisotopic (exact) mass is 355 g/mol. The van der Waals surface area contributed by atoms with E-state index in [1.165, 1.54) is 19.2 Å². The van der Waals surface area contributed by atoms with Gasteiger partial charge in [-0.05, 0) is 12.1 Å². The molecule has 1 fully saturated rings. The third-order valence-corrected chi connectivity index (χ3v) is 3.80. The molecule has 9 nitrogen and oxygen atoms in total. The number of ether oxygens (including phenoxy) is 1. The minimum Gasteiger partial charge on any atom is -0.469 e. The third-order valence-electron chi connectivity index (χ3n) is 3.57. The number of hydrogen-bond acceptors (Lipinski definition) is 6. The van der Waals surface area contributed by atoms with Crippen LogP contribution in [0.1, 0.15) is 16.8 Å². The average molecular weight is 356 g/mol. The number of amides is 2. The van der Waals surface area contributed by atoms with Gasteiger partial charge in [-0.25, -0.2) is 0 Å². The molecule has 1 heterocycles. The number of methoxy groups -OCH3 is 1. The fourth-order valence-electron chi connectivity index (χ4n) is 2.39. The van der Waals surface area contributed by atoms with Gasteiger partial charge in [-0.2, -0.15) is 0 Å². The van der Waals surface area contributed by atoms with Gasteiger partial charge in [-0.3, -0.25) is 24.5 Å². The van der Waals surface area contributed by atoms with Gasteiger partial charge in [0, 0.05) is 24.2 Å². The van der Waals surface area contributed by atoms with Gasteiger partial charge < -0.3 is 15.0 Å². The van der Waals surface area contributed by atoms with Gasteiger partial charge in [0.1, 0.15) is 11.6 Å². The van der Waals surface area contributed by atoms with Crippen LogP contribution >= 0.6 is 11.6 Å². The lowest BCUT2D eigenvalue weighted by Crippen LogP contribution is -2.57. The number of nitro benzene ring substituents is 1. The summed E-state index contributed by atoms with van der Waals surface area (Å²) in [6.07, 6.45) is -0.338. The number of nitro groups is 1. The zero-order valence-electron chi connectivity index (χ0n) is 12.7. The van der Waals surface area contributed by atoms with Crippen molar-refractivity contribution >= 4 is 35.1 Å². The lowest BCUT2D eigenvalue weighted by atomic mass is 10.1. The Balaban J connectivity index is 2.37. The topological polar surface area (TPSA) is 119 Å². The molecule has 0 saturated carbocycles. The molecule has 0 radical (unpaired) electrons. The van der Waals surface area contributed by atoms with Crippen LogP contribution in [0.25, 0.3) is 0 Å². The molecule has 1 N–H and O–H groups in total. The smallest absolute Gasteiger partial charge is 0.308 e. The largest absolute Gasteiger partial charge is 0.469 e. The van der Waals surface area contributed by atoms with E-state index in [1.54, 1.807) is 0 Å². The number of nitrogens with zero attached hydrogens (tertiary/aromatic N) is 2. The number of piperazine rings is 1. The zero-order chi connectivity index (χ0) is 17.9. The third kappa shape index (κ3) is 3.62. The molecule has 1 atom stereocenters. The highest BCUT2D eigenvalue weighted by atomic mass is 35.5. The molecular formula is C14H14ClN3O6. The Labute approximate surface area is 141 Å². The molecule has 10 heteroatoms. The maximum atomic E-state index is 12.7. The first-order chi connectivity index (χ1) is 11.3. The van der Waals surface area contributed by atoms with Gasteiger partial charge in [0.25, 0.3) is 11.6 Å². The Morgan fingerprint density at radius 1 is 1.50 bits per heavy atom. The summed E-state index contributed by atoms with van der Waals surface area (Å²) in [6, 6.07) is 2.55. The van der Waals surface area contributed by atoms with E-state index >= 15 is 0 Å². The fourth-order valence-corrected chi connectivity index (χ4v) is 2.56. The summed E-state index contributed by atoms with van der Waals surface area (Å²) < 4.78 is 4.53. The van der Waals surface area contributed by atoms with Crippen LogP contribution in [-0.2, 0) is 14.3 Å². The van der Waals surface area contributed by atoms with Crippen molar-refractivity contribution in [1.82, 2.24) is 10.2 Å². The van der Waals surface area contributed by atoms with Crippen LogP contribution in [0.2, 0.25) is 5.02 Å². The van der Waals surface area contributed by atoms with Crippen molar-refractivity contribution in [3.63, 3.8) is 0 Å². The van der Waals surface area contributed by atoms with Gasteiger partial charge in [0.05, 0.1) is 18.5 Å². The number of nitrogens with one attached hydrogen (secondary N) is 1. The van der Waals surface area contributed by atoms with Crippen LogP contribution in [0.15, 0.2) is 18.2 Å². The molecule has 0 aliphatic carbocycles. The van der Waals surface area contributed by atoms with Gasteiger partial charge in [-0.15, -0.1) is 0 Å². The first kappa shape index (κ1) is 17.7. The number of carbonyl (C=O) groups is 3. The Bertz CT molecular complexity index is 708. The van der Waals surface area contributed by atoms with Crippen molar-refractivity contribution in [2.45, 2.75) is 12.5 Å². The predicted molar refractivity (Wildman–Crippen MR) is 82.6 cm³/mol. The minimum absolute atomic E-state index is 0.112. The summed E-state index contributed by atoms with van der Waals surface area (Å²) in [6.45, 7) is 0.301. The van der Waals surface area contributed by atoms with Gasteiger partial charge in [-0.1, -0.05) is 11.6 Å². The summed E-state index contributed by atoms with van der Waals surface area (Å²) >= 11 is 5.74. The molecule has 2 amide bonds. The van der Waals surface area contributed by atoms with Crippen molar-refractivity contribution in [2.75, 3.05) is 20.2 Å². The number of rotatable bonds is 4. The fraction of sp³-hybridized carbons (Fsp3) is 0.357. The quantitative estimate of drug-likeness (QED) is 0.483. The summed E-state index contributed by atoms with van der Waals surface area (Å²) in [5.74, 6) is -1.90. The van der Waals surface area contributed by atoms with Crippen molar-refractivity contribution in [2.24, 2.45) is 0 Å². The number of carbonyl (C=O) groups excluding carboxylic acids is 3. The Kier molecular flexibility index (Phi) is 5.35. The van der Waals surface area contributed by atoms with Crippen LogP contribution in [-0.4, -0.2) is 53.8 Å². The van der Waals surface area contributed by atoms with Crippen LogP contribution in [0.4, 0.5) is 5.69 Å². The van der Waals surface area contributed by atoms with E-state index in [0.717, 1.165) is 11.0 Å². The SMILES string of the molecule is COC(=O)CC1C(=O)NCCN1C(=O)c1ccc(Cl)cc1[N+](=O)[O-]. The van der Waals surface area contributed by atoms with Crippen LogP contribution in [0.5, 0.6) is 0 Å². The normalized spacial score (nSPS) is 17.2.